The monoisotopic (exact) mass is 589 g/mol. The van der Waals surface area contributed by atoms with Gasteiger partial charge in [0.2, 0.25) is 0 Å². The quantitative estimate of drug-likeness (QED) is 0.179. The Morgan fingerprint density at radius 2 is 0.957 bits per heavy atom. The minimum absolute atomic E-state index is 0.0223. The Kier molecular flexibility index (Phi) is 4.76. The van der Waals surface area contributed by atoms with Gasteiger partial charge in [0.05, 0.1) is 9.60 Å². The Hall–Kier alpha value is -5.98. The summed E-state index contributed by atoms with van der Waals surface area (Å²) >= 11 is 0. The molecule has 0 aliphatic carbocycles. The molecule has 0 fully saturated rings. The van der Waals surface area contributed by atoms with Gasteiger partial charge in [0, 0.05) is 0 Å². The molecule has 0 aromatic heterocycles. The second-order valence-corrected chi connectivity index (χ2v) is 11.5. The number of rotatable bonds is 4. The second kappa shape index (κ2) is 10.9. The number of fused-ring (bicyclic) bond motifs is 4. The van der Waals surface area contributed by atoms with Crippen molar-refractivity contribution < 1.29 is 9.60 Å². The van der Waals surface area contributed by atoms with Gasteiger partial charge in [0.25, 0.3) is 0 Å². The Balaban J connectivity index is 1.52. The lowest BCUT2D eigenvalue weighted by Crippen LogP contribution is -1.93. The van der Waals surface area contributed by atoms with Gasteiger partial charge in [-0.05, 0) is 106 Å². The van der Waals surface area contributed by atoms with Gasteiger partial charge in [0.1, 0.15) is 0 Å². The van der Waals surface area contributed by atoms with E-state index in [1.54, 1.807) is 0 Å². The van der Waals surface area contributed by atoms with Gasteiger partial charge in [-0.15, -0.1) is 0 Å². The molecule has 0 nitrogen and oxygen atoms in total. The maximum Gasteiger partial charge on any atom is 0.0636 e. The number of hydrogen-bond donors (Lipinski definition) is 0. The minimum Gasteiger partial charge on any atom is -0.0622 e. The normalized spacial score (nSPS) is 13.6. The predicted molar refractivity (Wildman–Crippen MR) is 198 cm³/mol. The van der Waals surface area contributed by atoms with Gasteiger partial charge in [-0.25, -0.2) is 0 Å². The fourth-order valence-electron chi connectivity index (χ4n) is 6.69. The van der Waals surface area contributed by atoms with E-state index in [0.717, 1.165) is 32.7 Å². The third-order valence-corrected chi connectivity index (χ3v) is 8.86. The molecule has 9 aromatic carbocycles. The van der Waals surface area contributed by atoms with Crippen molar-refractivity contribution >= 4 is 43.1 Å². The smallest absolute Gasteiger partial charge is 0.0622 e. The van der Waals surface area contributed by atoms with Crippen molar-refractivity contribution in [3.8, 4) is 44.5 Å². The predicted octanol–water partition coefficient (Wildman–Crippen LogP) is 13.0. The molecule has 0 N–H and O–H groups in total. The molecule has 214 valence electrons. The summed E-state index contributed by atoms with van der Waals surface area (Å²) in [5.41, 5.74) is 4.94. The summed E-state index contributed by atoms with van der Waals surface area (Å²) in [6.07, 6.45) is 0. The van der Waals surface area contributed by atoms with Crippen molar-refractivity contribution in [2.75, 3.05) is 0 Å². The average molecular weight is 590 g/mol. The number of benzene rings is 9. The maximum atomic E-state index is 9.93. The van der Waals surface area contributed by atoms with Crippen molar-refractivity contribution in [1.29, 1.82) is 0 Å². The average Bonchev–Trinajstić information content (AvgIpc) is 3.20. The van der Waals surface area contributed by atoms with Crippen LogP contribution in [0.1, 0.15) is 9.60 Å². The van der Waals surface area contributed by atoms with Crippen molar-refractivity contribution in [2.45, 2.75) is 0 Å². The van der Waals surface area contributed by atoms with Crippen LogP contribution in [0.3, 0.4) is 0 Å². The molecule has 0 saturated heterocycles. The zero-order valence-corrected chi connectivity index (χ0v) is 24.8. The Bertz CT molecular complexity index is 2960. The van der Waals surface area contributed by atoms with Crippen molar-refractivity contribution in [1.82, 2.24) is 0 Å². The molecule has 0 heterocycles. The molecule has 0 bridgehead atoms. The summed E-state index contributed by atoms with van der Waals surface area (Å²) in [6.45, 7) is 0. The van der Waals surface area contributed by atoms with Gasteiger partial charge in [0.15, 0.2) is 0 Å². The van der Waals surface area contributed by atoms with E-state index in [4.69, 9.17) is 2.74 Å². The van der Waals surface area contributed by atoms with E-state index < -0.39 is 0 Å². The van der Waals surface area contributed by atoms with Gasteiger partial charge in [-0.2, -0.15) is 0 Å². The van der Waals surface area contributed by atoms with E-state index in [2.05, 4.69) is 30.3 Å². The van der Waals surface area contributed by atoms with Crippen LogP contribution in [-0.4, -0.2) is 0 Å². The highest BCUT2D eigenvalue weighted by Crippen LogP contribution is 2.46. The molecule has 46 heavy (non-hydrogen) atoms. The second-order valence-electron chi connectivity index (χ2n) is 11.5. The van der Waals surface area contributed by atoms with E-state index >= 15 is 0 Å². The Labute approximate surface area is 278 Å². The molecule has 9 aromatic rings. The highest BCUT2D eigenvalue weighted by atomic mass is 14.2. The van der Waals surface area contributed by atoms with E-state index in [1.807, 2.05) is 109 Å². The van der Waals surface area contributed by atoms with Crippen LogP contribution in [-0.2, 0) is 0 Å². The van der Waals surface area contributed by atoms with Gasteiger partial charge in [-0.3, -0.25) is 0 Å². The summed E-state index contributed by atoms with van der Waals surface area (Å²) in [5, 5.41) is 5.15. The molecule has 0 aliphatic rings. The molecule has 0 spiro atoms. The lowest BCUT2D eigenvalue weighted by molar-refractivity contribution is 1.62. The first-order chi connectivity index (χ1) is 25.7. The molecule has 0 atom stereocenters. The van der Waals surface area contributed by atoms with Crippen molar-refractivity contribution in [3.05, 3.63) is 182 Å². The fraction of sp³-hybridized carbons (Fsp3) is 0. The van der Waals surface area contributed by atoms with Crippen LogP contribution < -0.4 is 0 Å². The third-order valence-electron chi connectivity index (χ3n) is 8.86. The Morgan fingerprint density at radius 1 is 0.326 bits per heavy atom. The molecular weight excluding hydrogens is 553 g/mol. The van der Waals surface area contributed by atoms with Crippen LogP contribution in [0.2, 0.25) is 0 Å². The van der Waals surface area contributed by atoms with E-state index in [1.165, 1.54) is 0 Å². The first-order valence-corrected chi connectivity index (χ1v) is 15.4. The highest BCUT2D eigenvalue weighted by Gasteiger charge is 2.19. The van der Waals surface area contributed by atoms with Gasteiger partial charge < -0.3 is 0 Å². The summed E-state index contributed by atoms with van der Waals surface area (Å²) < 4.78 is 65.7. The Morgan fingerprint density at radius 3 is 1.83 bits per heavy atom. The highest BCUT2D eigenvalue weighted by molar-refractivity contribution is 6.24. The van der Waals surface area contributed by atoms with Crippen LogP contribution in [0.5, 0.6) is 0 Å². The fourth-order valence-corrected chi connectivity index (χ4v) is 6.69. The molecule has 0 saturated carbocycles. The molecule has 0 aliphatic heterocycles. The third kappa shape index (κ3) is 4.38. The molecule has 9 rings (SSSR count). The van der Waals surface area contributed by atoms with E-state index in [0.29, 0.717) is 44.2 Å². The number of hydrogen-bond acceptors (Lipinski definition) is 0. The first kappa shape index (κ1) is 20.1. The van der Waals surface area contributed by atoms with Crippen LogP contribution in [0, 0.1) is 0 Å². The molecule has 0 heteroatoms. The van der Waals surface area contributed by atoms with E-state index in [-0.39, 0.29) is 53.1 Å². The van der Waals surface area contributed by atoms with Crippen LogP contribution in [0.25, 0.3) is 87.6 Å². The van der Waals surface area contributed by atoms with Crippen LogP contribution in [0.4, 0.5) is 0 Å². The molecular formula is C46H30. The SMILES string of the molecule is [2H]c1c([2H])c([2H])c2c(-c3cccc4ccccc34)c3c([2H])c([2H])c(-c4ccccc4)c([2H])c3c(-c3cccc(-c4ccc5ccccc5c4)c3)c2c1[2H]. The molecule has 0 radical (unpaired) electrons. The molecule has 0 amide bonds. The van der Waals surface area contributed by atoms with Crippen LogP contribution in [0.15, 0.2) is 182 Å². The summed E-state index contributed by atoms with van der Waals surface area (Å²) in [6, 6.07) is 43.6. The summed E-state index contributed by atoms with van der Waals surface area (Å²) in [7, 11) is 0. The largest absolute Gasteiger partial charge is 0.0636 e. The topological polar surface area (TPSA) is 0 Å². The van der Waals surface area contributed by atoms with Gasteiger partial charge in [-0.1, -0.05) is 164 Å². The minimum atomic E-state index is -0.385. The lowest BCUT2D eigenvalue weighted by atomic mass is 9.83. The zero-order valence-electron chi connectivity index (χ0n) is 31.8. The maximum absolute atomic E-state index is 9.93. The first-order valence-electron chi connectivity index (χ1n) is 18.9. The van der Waals surface area contributed by atoms with Crippen LogP contribution >= 0.6 is 0 Å². The van der Waals surface area contributed by atoms with E-state index in [9.17, 15) is 6.85 Å². The summed E-state index contributed by atoms with van der Waals surface area (Å²) in [5.74, 6) is 0. The molecule has 0 unspecified atom stereocenters. The van der Waals surface area contributed by atoms with Crippen molar-refractivity contribution in [2.24, 2.45) is 0 Å². The van der Waals surface area contributed by atoms with Gasteiger partial charge >= 0.3 is 0 Å². The lowest BCUT2D eigenvalue weighted by Gasteiger charge is -2.20. The zero-order chi connectivity index (χ0) is 36.5. The standard InChI is InChI=1S/C46H30/c1-2-12-31(13-3-1)37-26-27-43-44(30-37)45(38-19-10-18-35(29-38)36-25-24-32-14-4-5-16-34(32)28-36)41-21-8-9-22-42(41)46(43)40-23-11-17-33-15-6-7-20-39(33)40/h1-30H/i8D,9D,21D,22D,26D,27D,30D. The van der Waals surface area contributed by atoms with Crippen molar-refractivity contribution in [3.63, 3.8) is 0 Å². The summed E-state index contributed by atoms with van der Waals surface area (Å²) in [4.78, 5) is 0.